The third-order valence-electron chi connectivity index (χ3n) is 5.30. The first kappa shape index (κ1) is 43.9. The SMILES string of the molecule is CCCC(=O)OCCOCCOCCOCCOCCOCCOCCOCCOCCOCCOCCOCCOCCN. The third-order valence-corrected chi connectivity index (χ3v) is 5.30. The molecule has 0 saturated heterocycles. The summed E-state index contributed by atoms with van der Waals surface area (Å²) in [6.45, 7) is 14.7. The number of rotatable bonds is 40. The summed E-state index contributed by atoms with van der Waals surface area (Å²) in [6.07, 6.45) is 1.23. The number of carbonyl (C=O) groups is 1. The maximum Gasteiger partial charge on any atom is 0.305 e. The van der Waals surface area contributed by atoms with Gasteiger partial charge in [0, 0.05) is 13.0 Å². The molecule has 0 aromatic heterocycles. The summed E-state index contributed by atoms with van der Waals surface area (Å²) in [6, 6.07) is 0. The molecule has 0 saturated carbocycles. The topological polar surface area (TPSA) is 163 Å². The molecule has 0 aliphatic rings. The summed E-state index contributed by atoms with van der Waals surface area (Å²) in [5.41, 5.74) is 5.33. The highest BCUT2D eigenvalue weighted by atomic mass is 16.6. The Balaban J connectivity index is 3.05. The predicted molar refractivity (Wildman–Crippen MR) is 165 cm³/mol. The summed E-state index contributed by atoms with van der Waals surface area (Å²) in [5, 5.41) is 0. The van der Waals surface area contributed by atoms with Crippen molar-refractivity contribution in [2.24, 2.45) is 5.73 Å². The molecule has 0 rings (SSSR count). The van der Waals surface area contributed by atoms with Crippen molar-refractivity contribution in [1.29, 1.82) is 0 Å². The van der Waals surface area contributed by atoms with Crippen molar-refractivity contribution in [1.82, 2.24) is 0 Å². The van der Waals surface area contributed by atoms with E-state index in [1.807, 2.05) is 6.92 Å². The molecule has 2 N–H and O–H groups in total. The molecule has 0 atom stereocenters. The van der Waals surface area contributed by atoms with Crippen molar-refractivity contribution < 1.29 is 66.4 Å². The highest BCUT2D eigenvalue weighted by Gasteiger charge is 2.00. The largest absolute Gasteiger partial charge is 0.463 e. The lowest BCUT2D eigenvalue weighted by molar-refractivity contribution is -0.145. The third kappa shape index (κ3) is 40.9. The summed E-state index contributed by atoms with van der Waals surface area (Å²) in [4.78, 5) is 11.2. The van der Waals surface area contributed by atoms with Crippen molar-refractivity contribution in [3.8, 4) is 0 Å². The van der Waals surface area contributed by atoms with Crippen molar-refractivity contribution in [2.45, 2.75) is 19.8 Å². The van der Waals surface area contributed by atoms with Crippen LogP contribution in [0.1, 0.15) is 19.8 Å². The van der Waals surface area contributed by atoms with E-state index in [1.54, 1.807) is 0 Å². The van der Waals surface area contributed by atoms with Crippen LogP contribution in [0.2, 0.25) is 0 Å². The molecule has 0 bridgehead atoms. The zero-order valence-electron chi connectivity index (χ0n) is 27.6. The fraction of sp³-hybridized carbons (Fsp3) is 0.967. The fourth-order valence-corrected chi connectivity index (χ4v) is 3.10. The number of hydrogen-bond acceptors (Lipinski definition) is 15. The van der Waals surface area contributed by atoms with Gasteiger partial charge in [0.15, 0.2) is 0 Å². The van der Waals surface area contributed by atoms with E-state index in [9.17, 15) is 4.79 Å². The van der Waals surface area contributed by atoms with E-state index < -0.39 is 0 Å². The average Bonchev–Trinajstić information content (AvgIpc) is 3.04. The van der Waals surface area contributed by atoms with Crippen LogP contribution >= 0.6 is 0 Å². The van der Waals surface area contributed by atoms with Gasteiger partial charge in [-0.1, -0.05) is 6.92 Å². The minimum atomic E-state index is -0.189. The van der Waals surface area contributed by atoms with Gasteiger partial charge in [-0.25, -0.2) is 0 Å². The Bertz CT molecular complexity index is 565. The highest BCUT2D eigenvalue weighted by molar-refractivity contribution is 5.69. The smallest absolute Gasteiger partial charge is 0.305 e. The van der Waals surface area contributed by atoms with Gasteiger partial charge in [0.1, 0.15) is 6.61 Å². The summed E-state index contributed by atoms with van der Waals surface area (Å²) in [5.74, 6) is -0.189. The number of ether oxygens (including phenoxy) is 13. The Morgan fingerprint density at radius 1 is 0.356 bits per heavy atom. The first-order chi connectivity index (χ1) is 22.3. The van der Waals surface area contributed by atoms with E-state index in [0.717, 1.165) is 6.42 Å². The van der Waals surface area contributed by atoms with E-state index in [-0.39, 0.29) is 12.6 Å². The molecule has 0 spiro atoms. The van der Waals surface area contributed by atoms with Gasteiger partial charge >= 0.3 is 5.97 Å². The summed E-state index contributed by atoms with van der Waals surface area (Å²) < 4.78 is 69.9. The van der Waals surface area contributed by atoms with Gasteiger partial charge in [-0.3, -0.25) is 4.79 Å². The van der Waals surface area contributed by atoms with Crippen molar-refractivity contribution in [3.63, 3.8) is 0 Å². The van der Waals surface area contributed by atoms with Crippen molar-refractivity contribution >= 4 is 5.97 Å². The lowest BCUT2D eigenvalue weighted by Gasteiger charge is -2.09. The lowest BCUT2D eigenvalue weighted by Crippen LogP contribution is -2.16. The average molecular weight is 660 g/mol. The van der Waals surface area contributed by atoms with Gasteiger partial charge in [0.05, 0.1) is 159 Å². The summed E-state index contributed by atoms with van der Waals surface area (Å²) >= 11 is 0. The normalized spacial score (nSPS) is 11.4. The van der Waals surface area contributed by atoms with Gasteiger partial charge in [0.2, 0.25) is 0 Å². The molecular formula is C30H61NO14. The van der Waals surface area contributed by atoms with Gasteiger partial charge < -0.3 is 67.3 Å². The molecule has 0 aliphatic carbocycles. The Labute approximate surface area is 269 Å². The molecule has 15 heteroatoms. The van der Waals surface area contributed by atoms with Crippen LogP contribution in [-0.4, -0.2) is 178 Å². The minimum absolute atomic E-state index is 0.189. The van der Waals surface area contributed by atoms with Crippen molar-refractivity contribution in [3.05, 3.63) is 0 Å². The molecule has 0 aromatic rings. The summed E-state index contributed by atoms with van der Waals surface area (Å²) in [7, 11) is 0. The maximum atomic E-state index is 11.2. The number of carbonyl (C=O) groups excluding carboxylic acids is 1. The van der Waals surface area contributed by atoms with E-state index in [4.69, 9.17) is 67.3 Å². The molecule has 45 heavy (non-hydrogen) atoms. The minimum Gasteiger partial charge on any atom is -0.463 e. The van der Waals surface area contributed by atoms with Crippen LogP contribution in [-0.2, 0) is 66.4 Å². The monoisotopic (exact) mass is 659 g/mol. The molecule has 15 nitrogen and oxygen atoms in total. The van der Waals surface area contributed by atoms with Crippen molar-refractivity contribution in [2.75, 3.05) is 172 Å². The number of hydrogen-bond donors (Lipinski definition) is 1. The molecule has 0 aromatic carbocycles. The van der Waals surface area contributed by atoms with Crippen LogP contribution < -0.4 is 5.73 Å². The first-order valence-corrected chi connectivity index (χ1v) is 16.1. The van der Waals surface area contributed by atoms with Crippen LogP contribution in [0.3, 0.4) is 0 Å². The number of nitrogens with two attached hydrogens (primary N) is 1. The van der Waals surface area contributed by atoms with E-state index in [0.29, 0.717) is 172 Å². The Hall–Kier alpha value is -1.05. The number of esters is 1. The van der Waals surface area contributed by atoms with Gasteiger partial charge in [-0.15, -0.1) is 0 Å². The Morgan fingerprint density at radius 3 is 0.756 bits per heavy atom. The molecule has 0 fully saturated rings. The zero-order valence-corrected chi connectivity index (χ0v) is 27.6. The highest BCUT2D eigenvalue weighted by Crippen LogP contribution is 1.91. The van der Waals surface area contributed by atoms with E-state index in [1.165, 1.54) is 0 Å². The molecule has 270 valence electrons. The molecule has 0 heterocycles. The van der Waals surface area contributed by atoms with Crippen LogP contribution in [0.25, 0.3) is 0 Å². The lowest BCUT2D eigenvalue weighted by atomic mass is 10.3. The second kappa shape index (κ2) is 41.0. The first-order valence-electron chi connectivity index (χ1n) is 16.1. The molecule has 0 aliphatic heterocycles. The molecular weight excluding hydrogens is 598 g/mol. The van der Waals surface area contributed by atoms with Gasteiger partial charge in [-0.05, 0) is 6.42 Å². The molecule has 0 amide bonds. The maximum absolute atomic E-state index is 11.2. The molecule has 0 radical (unpaired) electrons. The standard InChI is InChI=1S/C30H61NO14/c1-2-3-30(32)45-29-28-44-27-26-43-25-24-42-23-22-41-21-20-40-19-18-39-17-16-38-15-14-37-13-12-36-11-10-35-9-8-34-7-6-33-5-4-31/h2-29,31H2,1H3. The van der Waals surface area contributed by atoms with E-state index >= 15 is 0 Å². The van der Waals surface area contributed by atoms with E-state index in [2.05, 4.69) is 0 Å². The van der Waals surface area contributed by atoms with Gasteiger partial charge in [-0.2, -0.15) is 0 Å². The van der Waals surface area contributed by atoms with Crippen LogP contribution in [0, 0.1) is 0 Å². The van der Waals surface area contributed by atoms with Gasteiger partial charge in [0.25, 0.3) is 0 Å². The fourth-order valence-electron chi connectivity index (χ4n) is 3.10. The van der Waals surface area contributed by atoms with Crippen LogP contribution in [0.5, 0.6) is 0 Å². The van der Waals surface area contributed by atoms with Crippen LogP contribution in [0.4, 0.5) is 0 Å². The van der Waals surface area contributed by atoms with Crippen LogP contribution in [0.15, 0.2) is 0 Å². The zero-order chi connectivity index (χ0) is 32.6. The second-order valence-electron chi connectivity index (χ2n) is 9.11. The Kier molecular flexibility index (Phi) is 40.0. The quantitative estimate of drug-likeness (QED) is 0.0714. The second-order valence-corrected chi connectivity index (χ2v) is 9.11. The molecule has 0 unspecified atom stereocenters. The Morgan fingerprint density at radius 2 is 0.556 bits per heavy atom. The predicted octanol–water partition coefficient (Wildman–Crippen LogP) is 0.488.